The van der Waals surface area contributed by atoms with E-state index < -0.39 is 0 Å². The summed E-state index contributed by atoms with van der Waals surface area (Å²) in [6.45, 7) is 6.00. The van der Waals surface area contributed by atoms with Gasteiger partial charge in [0.1, 0.15) is 5.75 Å². The van der Waals surface area contributed by atoms with E-state index in [1.165, 1.54) is 0 Å². The molecular weight excluding hydrogens is 356 g/mol. The molecule has 0 aromatic heterocycles. The maximum absolute atomic E-state index is 13.0. The molecule has 28 heavy (non-hydrogen) atoms. The number of hydrogen-bond donors (Lipinski definition) is 0. The molecule has 0 saturated carbocycles. The lowest BCUT2D eigenvalue weighted by atomic mass is 9.73. The monoisotopic (exact) mass is 388 g/mol. The minimum atomic E-state index is 0.0466. The van der Waals surface area contributed by atoms with E-state index in [-0.39, 0.29) is 17.2 Å². The van der Waals surface area contributed by atoms with Crippen LogP contribution in [0.3, 0.4) is 0 Å². The fourth-order valence-electron chi connectivity index (χ4n) is 4.37. The zero-order valence-corrected chi connectivity index (χ0v) is 17.1. The van der Waals surface area contributed by atoms with Gasteiger partial charge in [0, 0.05) is 39.7 Å². The van der Waals surface area contributed by atoms with E-state index in [1.54, 1.807) is 7.11 Å². The Kier molecular flexibility index (Phi) is 6.94. The standard InChI is InChI=1S/C22H32N2O4/c1-3-28-19-7-5-4-6-18(19)21(26)24-14-11-22(12-15-24)9-8-20(25)23(13-10-22)16-17-27-2/h4-7H,3,8-17H2,1-2H3. The Hall–Kier alpha value is -2.08. The van der Waals surface area contributed by atoms with Crippen molar-refractivity contribution in [1.82, 2.24) is 9.80 Å². The average Bonchev–Trinajstić information content (AvgIpc) is 2.87. The second kappa shape index (κ2) is 9.41. The number of likely N-dealkylation sites (tertiary alicyclic amines) is 2. The Morgan fingerprint density at radius 2 is 1.82 bits per heavy atom. The van der Waals surface area contributed by atoms with Gasteiger partial charge in [-0.3, -0.25) is 9.59 Å². The highest BCUT2D eigenvalue weighted by Gasteiger charge is 2.39. The molecule has 0 bridgehead atoms. The highest BCUT2D eigenvalue weighted by Crippen LogP contribution is 2.42. The average molecular weight is 389 g/mol. The van der Waals surface area contributed by atoms with Crippen molar-refractivity contribution < 1.29 is 19.1 Å². The fourth-order valence-corrected chi connectivity index (χ4v) is 4.37. The molecule has 3 rings (SSSR count). The van der Waals surface area contributed by atoms with Crippen molar-refractivity contribution in [3.05, 3.63) is 29.8 Å². The molecule has 1 aromatic rings. The summed E-state index contributed by atoms with van der Waals surface area (Å²) in [6, 6.07) is 7.47. The van der Waals surface area contributed by atoms with Gasteiger partial charge in [-0.15, -0.1) is 0 Å². The SMILES string of the molecule is CCOc1ccccc1C(=O)N1CCC2(CCC(=O)N(CCOC)CC2)CC1. The van der Waals surface area contributed by atoms with Crippen LogP contribution in [0.1, 0.15) is 49.4 Å². The largest absolute Gasteiger partial charge is 0.493 e. The Labute approximate surface area is 167 Å². The summed E-state index contributed by atoms with van der Waals surface area (Å²) in [7, 11) is 1.67. The van der Waals surface area contributed by atoms with Crippen molar-refractivity contribution >= 4 is 11.8 Å². The van der Waals surface area contributed by atoms with Gasteiger partial charge in [0.25, 0.3) is 5.91 Å². The highest BCUT2D eigenvalue weighted by molar-refractivity contribution is 5.97. The molecule has 1 spiro atoms. The number of rotatable bonds is 6. The van der Waals surface area contributed by atoms with Gasteiger partial charge in [-0.25, -0.2) is 0 Å². The van der Waals surface area contributed by atoms with E-state index in [1.807, 2.05) is 41.0 Å². The first-order valence-electron chi connectivity index (χ1n) is 10.4. The molecule has 2 aliphatic rings. The number of ether oxygens (including phenoxy) is 2. The number of benzene rings is 1. The summed E-state index contributed by atoms with van der Waals surface area (Å²) in [5, 5.41) is 0. The van der Waals surface area contributed by atoms with Gasteiger partial charge in [0.05, 0.1) is 18.8 Å². The lowest BCUT2D eigenvalue weighted by Gasteiger charge is -2.41. The van der Waals surface area contributed by atoms with Crippen LogP contribution >= 0.6 is 0 Å². The van der Waals surface area contributed by atoms with Crippen LogP contribution in [0.5, 0.6) is 5.75 Å². The molecule has 2 fully saturated rings. The van der Waals surface area contributed by atoms with Crippen LogP contribution in [0.2, 0.25) is 0 Å². The third-order valence-corrected chi connectivity index (χ3v) is 6.23. The highest BCUT2D eigenvalue weighted by atomic mass is 16.5. The van der Waals surface area contributed by atoms with Crippen LogP contribution in [0, 0.1) is 5.41 Å². The van der Waals surface area contributed by atoms with Crippen LogP contribution in [0.25, 0.3) is 0 Å². The number of methoxy groups -OCH3 is 1. The van der Waals surface area contributed by atoms with Crippen LogP contribution < -0.4 is 4.74 Å². The maximum atomic E-state index is 13.0. The second-order valence-electron chi connectivity index (χ2n) is 7.84. The molecule has 1 aromatic carbocycles. The van der Waals surface area contributed by atoms with Crippen molar-refractivity contribution in [2.45, 2.75) is 39.0 Å². The first-order chi connectivity index (χ1) is 13.6. The summed E-state index contributed by atoms with van der Waals surface area (Å²) >= 11 is 0. The van der Waals surface area contributed by atoms with Gasteiger partial charge < -0.3 is 19.3 Å². The topological polar surface area (TPSA) is 59.1 Å². The molecule has 0 atom stereocenters. The minimum Gasteiger partial charge on any atom is -0.493 e. The number of para-hydroxylation sites is 1. The number of amides is 2. The third-order valence-electron chi connectivity index (χ3n) is 6.23. The van der Waals surface area contributed by atoms with Gasteiger partial charge >= 0.3 is 0 Å². The van der Waals surface area contributed by atoms with E-state index in [4.69, 9.17) is 9.47 Å². The quantitative estimate of drug-likeness (QED) is 0.752. The summed E-state index contributed by atoms with van der Waals surface area (Å²) < 4.78 is 10.8. The van der Waals surface area contributed by atoms with Crippen molar-refractivity contribution in [1.29, 1.82) is 0 Å². The summed E-state index contributed by atoms with van der Waals surface area (Å²) in [4.78, 5) is 29.3. The van der Waals surface area contributed by atoms with Crippen molar-refractivity contribution in [2.75, 3.05) is 46.5 Å². The number of nitrogens with zero attached hydrogens (tertiary/aromatic N) is 2. The van der Waals surface area contributed by atoms with Crippen molar-refractivity contribution in [3.8, 4) is 5.75 Å². The number of carbonyl (C=O) groups excluding carboxylic acids is 2. The molecule has 2 saturated heterocycles. The van der Waals surface area contributed by atoms with E-state index in [9.17, 15) is 9.59 Å². The summed E-state index contributed by atoms with van der Waals surface area (Å²) in [5.74, 6) is 0.938. The summed E-state index contributed by atoms with van der Waals surface area (Å²) in [6.07, 6.45) is 4.46. The van der Waals surface area contributed by atoms with Gasteiger partial charge in [0.2, 0.25) is 5.91 Å². The van der Waals surface area contributed by atoms with Crippen LogP contribution in [-0.2, 0) is 9.53 Å². The van der Waals surface area contributed by atoms with Crippen molar-refractivity contribution in [2.24, 2.45) is 5.41 Å². The summed E-state index contributed by atoms with van der Waals surface area (Å²) in [5.41, 5.74) is 0.815. The lowest BCUT2D eigenvalue weighted by molar-refractivity contribution is -0.131. The van der Waals surface area contributed by atoms with Crippen LogP contribution in [0.4, 0.5) is 0 Å². The lowest BCUT2D eigenvalue weighted by Crippen LogP contribution is -2.43. The van der Waals surface area contributed by atoms with Gasteiger partial charge in [0.15, 0.2) is 0 Å². The molecular formula is C22H32N2O4. The minimum absolute atomic E-state index is 0.0466. The van der Waals surface area contributed by atoms with Crippen LogP contribution in [-0.4, -0.2) is 68.1 Å². The molecule has 0 unspecified atom stereocenters. The molecule has 0 N–H and O–H groups in total. The molecule has 154 valence electrons. The molecule has 2 heterocycles. The van der Waals surface area contributed by atoms with E-state index >= 15 is 0 Å². The van der Waals surface area contributed by atoms with Crippen LogP contribution in [0.15, 0.2) is 24.3 Å². The normalized spacial score (nSPS) is 19.6. The predicted molar refractivity (Wildman–Crippen MR) is 107 cm³/mol. The zero-order valence-electron chi connectivity index (χ0n) is 17.1. The van der Waals surface area contributed by atoms with Gasteiger partial charge in [-0.2, -0.15) is 0 Å². The molecule has 0 radical (unpaired) electrons. The third kappa shape index (κ3) is 4.66. The molecule has 0 aliphatic carbocycles. The number of carbonyl (C=O) groups is 2. The Bertz CT molecular complexity index is 683. The molecule has 6 nitrogen and oxygen atoms in total. The predicted octanol–water partition coefficient (Wildman–Crippen LogP) is 2.97. The zero-order chi connectivity index (χ0) is 20.0. The Balaban J connectivity index is 1.61. The van der Waals surface area contributed by atoms with Gasteiger partial charge in [-0.05, 0) is 50.2 Å². The molecule has 2 amide bonds. The number of piperidine rings is 1. The van der Waals surface area contributed by atoms with E-state index in [0.717, 1.165) is 45.3 Å². The van der Waals surface area contributed by atoms with Crippen molar-refractivity contribution in [3.63, 3.8) is 0 Å². The first kappa shape index (κ1) is 20.6. The number of hydrogen-bond acceptors (Lipinski definition) is 4. The fraction of sp³-hybridized carbons (Fsp3) is 0.636. The second-order valence-corrected chi connectivity index (χ2v) is 7.84. The first-order valence-corrected chi connectivity index (χ1v) is 10.4. The van der Waals surface area contributed by atoms with Gasteiger partial charge in [-0.1, -0.05) is 12.1 Å². The maximum Gasteiger partial charge on any atom is 0.257 e. The Morgan fingerprint density at radius 3 is 2.54 bits per heavy atom. The smallest absolute Gasteiger partial charge is 0.257 e. The van der Waals surface area contributed by atoms with E-state index in [2.05, 4.69) is 0 Å². The van der Waals surface area contributed by atoms with E-state index in [0.29, 0.717) is 37.5 Å². The molecule has 2 aliphatic heterocycles. The Morgan fingerprint density at radius 1 is 1.11 bits per heavy atom. The molecule has 6 heteroatoms.